The molecule has 0 fully saturated rings. The van der Waals surface area contributed by atoms with Crippen molar-refractivity contribution in [1.29, 1.82) is 0 Å². The second-order valence-electron chi connectivity index (χ2n) is 13.7. The van der Waals surface area contributed by atoms with Gasteiger partial charge in [-0.15, -0.1) is 0 Å². The first-order valence-corrected chi connectivity index (χ1v) is 17.7. The lowest BCUT2D eigenvalue weighted by molar-refractivity contribution is -0.134. The fourth-order valence-electron chi connectivity index (χ4n) is 7.24. The third-order valence-electron chi connectivity index (χ3n) is 10.1. The molecule has 0 amide bonds. The van der Waals surface area contributed by atoms with E-state index in [-0.39, 0.29) is 11.4 Å². The number of unbranched alkanes of at least 4 members (excludes halogenated alkanes) is 14. The molecule has 1 spiro atoms. The van der Waals surface area contributed by atoms with Crippen molar-refractivity contribution in [3.63, 3.8) is 0 Å². The second-order valence-corrected chi connectivity index (χ2v) is 13.7. The molecule has 0 saturated carbocycles. The molecule has 2 aliphatic rings. The number of fused-ring (bicyclic) bond motifs is 4. The van der Waals surface area contributed by atoms with Gasteiger partial charge in [0, 0.05) is 24.5 Å². The molecule has 1 unspecified atom stereocenters. The molecule has 0 bridgehead atoms. The Bertz CT molecular complexity index is 1460. The molecule has 5 heteroatoms. The van der Waals surface area contributed by atoms with E-state index in [2.05, 4.69) is 63.1 Å². The summed E-state index contributed by atoms with van der Waals surface area (Å²) in [5.74, 6) is 1.13. The highest BCUT2D eigenvalue weighted by Gasteiger charge is 2.58. The van der Waals surface area contributed by atoms with E-state index in [1.807, 2.05) is 30.5 Å². The summed E-state index contributed by atoms with van der Waals surface area (Å²) in [5, 5.41) is 1.96. The van der Waals surface area contributed by atoms with Gasteiger partial charge in [0.1, 0.15) is 17.2 Å². The van der Waals surface area contributed by atoms with Gasteiger partial charge in [0.2, 0.25) is 5.72 Å². The summed E-state index contributed by atoms with van der Waals surface area (Å²) in [6.07, 6.45) is 22.1. The molecule has 5 rings (SSSR count). The number of nitrogens with zero attached hydrogens (tertiary/aromatic N) is 2. The number of rotatable bonds is 17. The van der Waals surface area contributed by atoms with Gasteiger partial charge in [-0.05, 0) is 55.5 Å². The molecule has 0 saturated heterocycles. The Balaban J connectivity index is 1.06. The lowest BCUT2D eigenvalue weighted by atomic mass is 9.77. The SMILES string of the molecule is CCCCCCCCCCCCCCCCCC(=O)Oc1ccc2ccc3c(c2c1)N=CC1(O3)N(C)c2ccccc2C1(C)C. The molecule has 242 valence electrons. The van der Waals surface area contributed by atoms with Crippen LogP contribution in [0.2, 0.25) is 0 Å². The average Bonchev–Trinajstić information content (AvgIpc) is 3.20. The average molecular weight is 611 g/mol. The summed E-state index contributed by atoms with van der Waals surface area (Å²) in [7, 11) is 2.07. The Morgan fingerprint density at radius 3 is 2.04 bits per heavy atom. The van der Waals surface area contributed by atoms with Crippen molar-refractivity contribution in [1.82, 2.24) is 0 Å². The fraction of sp³-hybridized carbons (Fsp3) is 0.550. The van der Waals surface area contributed by atoms with Crippen LogP contribution in [0.15, 0.2) is 59.6 Å². The predicted molar refractivity (Wildman–Crippen MR) is 189 cm³/mol. The van der Waals surface area contributed by atoms with E-state index >= 15 is 0 Å². The molecule has 45 heavy (non-hydrogen) atoms. The van der Waals surface area contributed by atoms with Gasteiger partial charge >= 0.3 is 5.97 Å². The number of likely N-dealkylation sites (N-methyl/N-ethyl adjacent to an activating group) is 1. The predicted octanol–water partition coefficient (Wildman–Crippen LogP) is 11.2. The normalized spacial score (nSPS) is 17.8. The number of ether oxygens (including phenoxy) is 2. The molecule has 3 aromatic carbocycles. The number of para-hydroxylation sites is 1. The number of carbonyl (C=O) groups is 1. The second kappa shape index (κ2) is 15.3. The number of hydrogen-bond acceptors (Lipinski definition) is 5. The minimum Gasteiger partial charge on any atom is -0.459 e. The summed E-state index contributed by atoms with van der Waals surface area (Å²) in [6, 6.07) is 18.3. The van der Waals surface area contributed by atoms with E-state index in [4.69, 9.17) is 14.5 Å². The molecule has 0 radical (unpaired) electrons. The number of aliphatic imine (C=N–C) groups is 1. The van der Waals surface area contributed by atoms with Crippen LogP contribution in [0.4, 0.5) is 11.4 Å². The van der Waals surface area contributed by atoms with Gasteiger partial charge in [-0.1, -0.05) is 127 Å². The molecule has 1 atom stereocenters. The van der Waals surface area contributed by atoms with Gasteiger partial charge < -0.3 is 14.4 Å². The molecular formula is C40H54N2O3. The van der Waals surface area contributed by atoms with E-state index in [1.165, 1.54) is 89.0 Å². The topological polar surface area (TPSA) is 51.1 Å². The van der Waals surface area contributed by atoms with Gasteiger partial charge in [0.05, 0.1) is 11.6 Å². The smallest absolute Gasteiger partial charge is 0.311 e. The molecule has 5 nitrogen and oxygen atoms in total. The summed E-state index contributed by atoms with van der Waals surface area (Å²) in [4.78, 5) is 19.9. The van der Waals surface area contributed by atoms with E-state index in [1.54, 1.807) is 0 Å². The lowest BCUT2D eigenvalue weighted by Crippen LogP contribution is -2.61. The van der Waals surface area contributed by atoms with Crippen LogP contribution in [-0.4, -0.2) is 25.0 Å². The van der Waals surface area contributed by atoms with E-state index in [0.717, 1.165) is 40.7 Å². The number of hydrogen-bond donors (Lipinski definition) is 0. The van der Waals surface area contributed by atoms with Gasteiger partial charge in [-0.2, -0.15) is 0 Å². The Morgan fingerprint density at radius 1 is 0.800 bits per heavy atom. The zero-order valence-electron chi connectivity index (χ0n) is 28.2. The quantitative estimate of drug-likeness (QED) is 0.0867. The van der Waals surface area contributed by atoms with Crippen LogP contribution in [0, 0.1) is 0 Å². The Morgan fingerprint density at radius 2 is 1.40 bits per heavy atom. The zero-order chi connectivity index (χ0) is 31.7. The van der Waals surface area contributed by atoms with Crippen molar-refractivity contribution in [3.8, 4) is 11.5 Å². The third kappa shape index (κ3) is 7.39. The highest BCUT2D eigenvalue weighted by atomic mass is 16.5. The van der Waals surface area contributed by atoms with Crippen LogP contribution in [0.5, 0.6) is 11.5 Å². The van der Waals surface area contributed by atoms with Gasteiger partial charge in [-0.3, -0.25) is 9.79 Å². The summed E-state index contributed by atoms with van der Waals surface area (Å²) in [6.45, 7) is 6.70. The number of esters is 1. The van der Waals surface area contributed by atoms with Crippen molar-refractivity contribution in [2.75, 3.05) is 11.9 Å². The van der Waals surface area contributed by atoms with E-state index in [9.17, 15) is 4.79 Å². The van der Waals surface area contributed by atoms with E-state index < -0.39 is 5.72 Å². The van der Waals surface area contributed by atoms with Crippen molar-refractivity contribution in [2.45, 2.75) is 135 Å². The Kier molecular flexibility index (Phi) is 11.2. The largest absolute Gasteiger partial charge is 0.459 e. The molecule has 2 aliphatic heterocycles. The van der Waals surface area contributed by atoms with Crippen LogP contribution >= 0.6 is 0 Å². The minimum atomic E-state index is -0.728. The first kappa shape index (κ1) is 33.0. The number of anilines is 1. The van der Waals surface area contributed by atoms with Crippen LogP contribution in [0.3, 0.4) is 0 Å². The summed E-state index contributed by atoms with van der Waals surface area (Å²) < 4.78 is 12.6. The van der Waals surface area contributed by atoms with Crippen molar-refractivity contribution in [2.24, 2.45) is 4.99 Å². The molecule has 2 heterocycles. The first-order valence-electron chi connectivity index (χ1n) is 17.7. The number of carbonyl (C=O) groups excluding carboxylic acids is 1. The van der Waals surface area contributed by atoms with Crippen molar-refractivity contribution >= 4 is 34.3 Å². The maximum absolute atomic E-state index is 12.7. The zero-order valence-corrected chi connectivity index (χ0v) is 28.2. The highest BCUT2D eigenvalue weighted by Crippen LogP contribution is 2.54. The lowest BCUT2D eigenvalue weighted by Gasteiger charge is -2.45. The first-order chi connectivity index (χ1) is 21.9. The molecule has 0 aromatic heterocycles. The van der Waals surface area contributed by atoms with Crippen LogP contribution in [-0.2, 0) is 10.2 Å². The molecule has 0 aliphatic carbocycles. The Hall–Kier alpha value is -3.34. The van der Waals surface area contributed by atoms with Gasteiger partial charge in [0.25, 0.3) is 0 Å². The van der Waals surface area contributed by atoms with Crippen LogP contribution in [0.1, 0.15) is 129 Å². The summed E-state index contributed by atoms with van der Waals surface area (Å²) in [5.41, 5.74) is 2.14. The molecule has 3 aromatic rings. The maximum Gasteiger partial charge on any atom is 0.311 e. The molecule has 0 N–H and O–H groups in total. The van der Waals surface area contributed by atoms with Crippen molar-refractivity contribution in [3.05, 3.63) is 60.2 Å². The maximum atomic E-state index is 12.7. The number of benzene rings is 3. The van der Waals surface area contributed by atoms with Crippen LogP contribution < -0.4 is 14.4 Å². The monoisotopic (exact) mass is 610 g/mol. The standard InChI is InChI=1S/C40H54N2O3/c1-5-6-7-8-9-10-11-12-13-14-15-16-17-18-19-24-37(43)44-32-27-25-31-26-28-36-38(33(31)29-32)41-30-40(45-36)39(2,3)34-22-20-21-23-35(34)42(40)4/h20-23,25-30H,5-19,24H2,1-4H3. The van der Waals surface area contributed by atoms with Gasteiger partial charge in [0.15, 0.2) is 0 Å². The molecular weight excluding hydrogens is 556 g/mol. The fourth-order valence-corrected chi connectivity index (χ4v) is 7.24. The third-order valence-corrected chi connectivity index (χ3v) is 10.1. The van der Waals surface area contributed by atoms with Gasteiger partial charge in [-0.25, -0.2) is 0 Å². The van der Waals surface area contributed by atoms with Crippen molar-refractivity contribution < 1.29 is 14.3 Å². The Labute approximate surface area is 271 Å². The minimum absolute atomic E-state index is 0.167. The van der Waals surface area contributed by atoms with E-state index in [0.29, 0.717) is 12.2 Å². The van der Waals surface area contributed by atoms with Crippen LogP contribution in [0.25, 0.3) is 10.8 Å². The summed E-state index contributed by atoms with van der Waals surface area (Å²) >= 11 is 0. The highest BCUT2D eigenvalue weighted by molar-refractivity contribution is 6.00.